The summed E-state index contributed by atoms with van der Waals surface area (Å²) in [6.45, 7) is 1.95. The van der Waals surface area contributed by atoms with Crippen molar-refractivity contribution in [2.45, 2.75) is 38.5 Å². The lowest BCUT2D eigenvalue weighted by Crippen LogP contribution is -2.45. The molecule has 9 nitrogen and oxygen atoms in total. The monoisotopic (exact) mass is 636 g/mol. The number of rotatable bonds is 8. The Labute approximate surface area is 251 Å². The number of anilines is 1. The summed E-state index contributed by atoms with van der Waals surface area (Å²) < 4.78 is 19.9. The molecule has 0 saturated heterocycles. The third-order valence-electron chi connectivity index (χ3n) is 7.74. The second-order valence-corrected chi connectivity index (χ2v) is 11.2. The fourth-order valence-electron chi connectivity index (χ4n) is 5.35. The van der Waals surface area contributed by atoms with Crippen LogP contribution >= 0.6 is 15.9 Å². The van der Waals surface area contributed by atoms with Crippen LogP contribution in [0.1, 0.15) is 46.0 Å². The predicted octanol–water partition coefficient (Wildman–Crippen LogP) is 4.34. The Kier molecular flexibility index (Phi) is 8.67. The van der Waals surface area contributed by atoms with Crippen molar-refractivity contribution in [2.24, 2.45) is 5.92 Å². The summed E-state index contributed by atoms with van der Waals surface area (Å²) in [5.74, 6) is -1.89. The Morgan fingerprint density at radius 1 is 1.07 bits per heavy atom. The Hall–Kier alpha value is -4.12. The van der Waals surface area contributed by atoms with E-state index in [1.165, 1.54) is 21.9 Å². The smallest absolute Gasteiger partial charge is 0.316 e. The van der Waals surface area contributed by atoms with Gasteiger partial charge in [-0.1, -0.05) is 22.0 Å². The molecule has 0 unspecified atom stereocenters. The Bertz CT molecular complexity index is 1530. The summed E-state index contributed by atoms with van der Waals surface area (Å²) in [4.78, 5) is 58.3. The van der Waals surface area contributed by atoms with Crippen molar-refractivity contribution in [1.29, 1.82) is 0 Å². The standard InChI is InChI=1S/C31H30BrFN4O5/c1-18-30(40)36(2)27-14-22(21-5-7-34-8-6-21)3-4-26(27)31(41)37(18)17-20-9-23(13-24(33)10-20)29(39)35-16-19-11-25(12-19)42-28(38)15-32/h3-10,13-14,18-19,25H,11-12,15-17H2,1-2H3,(H,35,39)/t18-,19-,25+/m1/s1. The molecule has 1 aliphatic carbocycles. The molecule has 0 radical (unpaired) electrons. The maximum atomic E-state index is 14.7. The van der Waals surface area contributed by atoms with Crippen LogP contribution in [0.5, 0.6) is 0 Å². The lowest BCUT2D eigenvalue weighted by Gasteiger charge is -2.34. The number of hydrogen-bond acceptors (Lipinski definition) is 6. The lowest BCUT2D eigenvalue weighted by molar-refractivity contribution is -0.152. The van der Waals surface area contributed by atoms with Crippen LogP contribution < -0.4 is 10.2 Å². The van der Waals surface area contributed by atoms with Crippen LogP contribution in [-0.2, 0) is 20.9 Å². The molecule has 1 N–H and O–H groups in total. The van der Waals surface area contributed by atoms with Crippen molar-refractivity contribution in [3.63, 3.8) is 0 Å². The van der Waals surface area contributed by atoms with Gasteiger partial charge < -0.3 is 19.9 Å². The molecule has 3 aromatic rings. The van der Waals surface area contributed by atoms with E-state index >= 15 is 0 Å². The summed E-state index contributed by atoms with van der Waals surface area (Å²) in [6.07, 6.45) is 4.49. The second kappa shape index (κ2) is 12.4. The van der Waals surface area contributed by atoms with Crippen LogP contribution in [0.25, 0.3) is 11.1 Å². The van der Waals surface area contributed by atoms with Crippen LogP contribution in [0.4, 0.5) is 10.1 Å². The molecule has 1 atom stereocenters. The van der Waals surface area contributed by atoms with E-state index in [0.717, 1.165) is 17.2 Å². The number of alkyl halides is 1. The second-order valence-electron chi connectivity index (χ2n) is 10.6. The van der Waals surface area contributed by atoms with Crippen molar-refractivity contribution in [1.82, 2.24) is 15.2 Å². The first kappa shape index (κ1) is 29.4. The predicted molar refractivity (Wildman–Crippen MR) is 158 cm³/mol. The normalized spacial score (nSPS) is 20.0. The van der Waals surface area contributed by atoms with Gasteiger partial charge in [-0.3, -0.25) is 24.2 Å². The number of fused-ring (bicyclic) bond motifs is 1. The number of aromatic nitrogens is 1. The number of carbonyl (C=O) groups excluding carboxylic acids is 4. The van der Waals surface area contributed by atoms with Crippen LogP contribution in [0.15, 0.2) is 60.9 Å². The number of carbonyl (C=O) groups is 4. The number of ether oxygens (including phenoxy) is 1. The van der Waals surface area contributed by atoms with E-state index in [4.69, 9.17) is 4.74 Å². The van der Waals surface area contributed by atoms with Crippen LogP contribution in [-0.4, -0.2) is 64.6 Å². The van der Waals surface area contributed by atoms with E-state index in [1.54, 1.807) is 38.5 Å². The first-order valence-corrected chi connectivity index (χ1v) is 14.7. The molecule has 2 aliphatic rings. The number of benzene rings is 2. The summed E-state index contributed by atoms with van der Waals surface area (Å²) in [6, 6.07) is 12.1. The number of halogens is 2. The van der Waals surface area contributed by atoms with Crippen LogP contribution in [0, 0.1) is 11.7 Å². The average Bonchev–Trinajstić information content (AvgIpc) is 3.04. The quantitative estimate of drug-likeness (QED) is 0.291. The van der Waals surface area contributed by atoms with Gasteiger partial charge in [0.15, 0.2) is 0 Å². The molecule has 1 aromatic heterocycles. The molecule has 2 heterocycles. The van der Waals surface area contributed by atoms with Crippen molar-refractivity contribution in [3.8, 4) is 11.1 Å². The van der Waals surface area contributed by atoms with E-state index in [1.807, 2.05) is 18.2 Å². The van der Waals surface area contributed by atoms with E-state index in [9.17, 15) is 23.6 Å². The number of amides is 3. The molecule has 0 bridgehead atoms. The van der Waals surface area contributed by atoms with E-state index in [0.29, 0.717) is 36.2 Å². The van der Waals surface area contributed by atoms with Crippen molar-refractivity contribution in [2.75, 3.05) is 23.8 Å². The van der Waals surface area contributed by atoms with Gasteiger partial charge in [-0.05, 0) is 84.8 Å². The minimum atomic E-state index is -0.829. The zero-order chi connectivity index (χ0) is 30.0. The zero-order valence-electron chi connectivity index (χ0n) is 23.2. The topological polar surface area (TPSA) is 109 Å². The largest absolute Gasteiger partial charge is 0.462 e. The van der Waals surface area contributed by atoms with Crippen molar-refractivity contribution < 1.29 is 28.3 Å². The van der Waals surface area contributed by atoms with E-state index in [-0.39, 0.29) is 47.2 Å². The lowest BCUT2D eigenvalue weighted by atomic mass is 9.82. The Balaban J connectivity index is 1.31. The highest BCUT2D eigenvalue weighted by molar-refractivity contribution is 9.09. The molecule has 1 fully saturated rings. The number of pyridine rings is 1. The fourth-order valence-corrected chi connectivity index (χ4v) is 5.48. The summed E-state index contributed by atoms with van der Waals surface area (Å²) in [5.41, 5.74) is 3.07. The maximum Gasteiger partial charge on any atom is 0.316 e. The molecule has 0 spiro atoms. The summed E-state index contributed by atoms with van der Waals surface area (Å²) in [7, 11) is 1.63. The molecule has 218 valence electrons. The average molecular weight is 638 g/mol. The summed E-state index contributed by atoms with van der Waals surface area (Å²) >= 11 is 3.06. The maximum absolute atomic E-state index is 14.7. The van der Waals surface area contributed by atoms with Crippen molar-refractivity contribution in [3.05, 3.63) is 83.4 Å². The van der Waals surface area contributed by atoms with Gasteiger partial charge in [0.05, 0.1) is 11.3 Å². The van der Waals surface area contributed by atoms with Gasteiger partial charge in [0.2, 0.25) is 5.91 Å². The minimum Gasteiger partial charge on any atom is -0.462 e. The van der Waals surface area contributed by atoms with Gasteiger partial charge in [0, 0.05) is 38.1 Å². The highest BCUT2D eigenvalue weighted by Crippen LogP contribution is 2.33. The third-order valence-corrected chi connectivity index (χ3v) is 8.20. The molecule has 1 saturated carbocycles. The third kappa shape index (κ3) is 6.20. The first-order chi connectivity index (χ1) is 20.1. The minimum absolute atomic E-state index is 0.0631. The Morgan fingerprint density at radius 2 is 1.81 bits per heavy atom. The molecular weight excluding hydrogens is 607 g/mol. The first-order valence-electron chi connectivity index (χ1n) is 13.6. The van der Waals surface area contributed by atoms with Gasteiger partial charge in [0.25, 0.3) is 11.8 Å². The molecule has 2 aromatic carbocycles. The summed E-state index contributed by atoms with van der Waals surface area (Å²) in [5, 5.41) is 2.96. The number of likely N-dealkylation sites (N-methyl/N-ethyl adjacent to an activating group) is 1. The zero-order valence-corrected chi connectivity index (χ0v) is 24.8. The van der Waals surface area contributed by atoms with Crippen LogP contribution in [0.2, 0.25) is 0 Å². The highest BCUT2D eigenvalue weighted by atomic mass is 79.9. The molecule has 5 rings (SSSR count). The van der Waals surface area contributed by atoms with Gasteiger partial charge in [-0.2, -0.15) is 0 Å². The van der Waals surface area contributed by atoms with Gasteiger partial charge in [0.1, 0.15) is 23.3 Å². The number of hydrogen-bond donors (Lipinski definition) is 1. The highest BCUT2D eigenvalue weighted by Gasteiger charge is 2.36. The SMILES string of the molecule is C[C@@H]1C(=O)N(C)c2cc(-c3ccncc3)ccc2C(=O)N1Cc1cc(F)cc(C(=O)NC[C@H]2C[C@@H](OC(=O)CBr)C2)c1. The molecule has 11 heteroatoms. The molecule has 42 heavy (non-hydrogen) atoms. The fraction of sp³-hybridized carbons (Fsp3) is 0.323. The van der Waals surface area contributed by atoms with E-state index < -0.39 is 17.8 Å². The van der Waals surface area contributed by atoms with Gasteiger partial charge in [-0.25, -0.2) is 4.39 Å². The molecular formula is C31H30BrFN4O5. The van der Waals surface area contributed by atoms with Crippen LogP contribution in [0.3, 0.4) is 0 Å². The number of nitrogens with zero attached hydrogens (tertiary/aromatic N) is 3. The Morgan fingerprint density at radius 3 is 2.52 bits per heavy atom. The number of nitrogens with one attached hydrogen (secondary N) is 1. The molecule has 1 aliphatic heterocycles. The van der Waals surface area contributed by atoms with Crippen molar-refractivity contribution >= 4 is 45.3 Å². The van der Waals surface area contributed by atoms with Gasteiger partial charge in [-0.15, -0.1) is 0 Å². The van der Waals surface area contributed by atoms with E-state index in [2.05, 4.69) is 26.2 Å². The number of esters is 1. The van der Waals surface area contributed by atoms with Gasteiger partial charge >= 0.3 is 5.97 Å². The molecule has 3 amide bonds.